The zero-order valence-corrected chi connectivity index (χ0v) is 16.8. The highest BCUT2D eigenvalue weighted by atomic mass is 35.5. The van der Waals surface area contributed by atoms with E-state index in [-0.39, 0.29) is 30.9 Å². The maximum Gasteiger partial charge on any atom is 0.226 e. The molecule has 0 aliphatic carbocycles. The zero-order valence-electron chi connectivity index (χ0n) is 16.1. The van der Waals surface area contributed by atoms with Gasteiger partial charge in [0.1, 0.15) is 5.75 Å². The summed E-state index contributed by atoms with van der Waals surface area (Å²) in [6, 6.07) is 12.6. The second-order valence-electron chi connectivity index (χ2n) is 6.59. The maximum absolute atomic E-state index is 12.3. The number of halogens is 1. The van der Waals surface area contributed by atoms with Gasteiger partial charge in [0, 0.05) is 36.3 Å². The molecule has 6 heteroatoms. The van der Waals surface area contributed by atoms with Crippen LogP contribution in [0.25, 0.3) is 0 Å². The number of amides is 2. The molecule has 0 atom stereocenters. The van der Waals surface area contributed by atoms with Gasteiger partial charge in [0.15, 0.2) is 0 Å². The minimum absolute atomic E-state index is 0.0819. The van der Waals surface area contributed by atoms with Gasteiger partial charge in [-0.2, -0.15) is 0 Å². The van der Waals surface area contributed by atoms with Gasteiger partial charge in [0.2, 0.25) is 11.8 Å². The molecule has 1 N–H and O–H groups in total. The summed E-state index contributed by atoms with van der Waals surface area (Å²) in [6.07, 6.45) is 0.258. The molecule has 0 saturated carbocycles. The first kappa shape index (κ1) is 20.8. The zero-order chi connectivity index (χ0) is 20.0. The van der Waals surface area contributed by atoms with E-state index in [2.05, 4.69) is 5.32 Å². The van der Waals surface area contributed by atoms with Gasteiger partial charge in [-0.25, -0.2) is 0 Å². The Kier molecular flexibility index (Phi) is 7.25. The summed E-state index contributed by atoms with van der Waals surface area (Å²) >= 11 is 5.98. The summed E-state index contributed by atoms with van der Waals surface area (Å²) in [4.78, 5) is 25.9. The largest absolute Gasteiger partial charge is 0.491 e. The number of ether oxygens (including phenoxy) is 1. The number of nitrogens with one attached hydrogen (secondary N) is 1. The van der Waals surface area contributed by atoms with Crippen LogP contribution in [0.3, 0.4) is 0 Å². The highest BCUT2D eigenvalue weighted by molar-refractivity contribution is 6.31. The van der Waals surface area contributed by atoms with Crippen LogP contribution < -0.4 is 15.0 Å². The quantitative estimate of drug-likeness (QED) is 0.739. The standard InChI is InChI=1S/C21H25ClN2O3/c1-14(2)27-19-9-7-18(8-10-19)24(16(4)25)12-11-21(26)23-20-13-17(22)6-5-15(20)3/h5-10,13-14H,11-12H2,1-4H3,(H,23,26). The van der Waals surface area contributed by atoms with Gasteiger partial charge in [-0.15, -0.1) is 0 Å². The number of carbonyl (C=O) groups excluding carboxylic acids is 2. The fourth-order valence-electron chi connectivity index (χ4n) is 2.60. The number of benzene rings is 2. The Bertz CT molecular complexity index is 804. The molecule has 0 radical (unpaired) electrons. The molecule has 0 heterocycles. The first-order valence-electron chi connectivity index (χ1n) is 8.87. The molecule has 0 fully saturated rings. The Labute approximate surface area is 165 Å². The lowest BCUT2D eigenvalue weighted by molar-refractivity contribution is -0.117. The minimum Gasteiger partial charge on any atom is -0.491 e. The number of nitrogens with zero attached hydrogens (tertiary/aromatic N) is 1. The Morgan fingerprint density at radius 3 is 2.41 bits per heavy atom. The van der Waals surface area contributed by atoms with E-state index in [1.54, 1.807) is 17.0 Å². The van der Waals surface area contributed by atoms with Crippen molar-refractivity contribution in [1.29, 1.82) is 0 Å². The maximum atomic E-state index is 12.3. The van der Waals surface area contributed by atoms with E-state index in [1.807, 2.05) is 51.1 Å². The molecule has 0 spiro atoms. The summed E-state index contributed by atoms with van der Waals surface area (Å²) in [5.41, 5.74) is 2.33. The second kappa shape index (κ2) is 9.42. The van der Waals surface area contributed by atoms with Gasteiger partial charge in [-0.3, -0.25) is 9.59 Å². The molecule has 0 unspecified atom stereocenters. The number of rotatable bonds is 7. The van der Waals surface area contributed by atoms with Crippen LogP contribution in [-0.2, 0) is 9.59 Å². The van der Waals surface area contributed by atoms with Crippen LogP contribution >= 0.6 is 11.6 Å². The van der Waals surface area contributed by atoms with E-state index in [0.29, 0.717) is 10.7 Å². The lowest BCUT2D eigenvalue weighted by Gasteiger charge is -2.21. The van der Waals surface area contributed by atoms with Crippen LogP contribution in [0.2, 0.25) is 5.02 Å². The average molecular weight is 389 g/mol. The third-order valence-electron chi connectivity index (χ3n) is 3.94. The molecule has 144 valence electrons. The van der Waals surface area contributed by atoms with Crippen molar-refractivity contribution in [3.63, 3.8) is 0 Å². The lowest BCUT2D eigenvalue weighted by Crippen LogP contribution is -2.32. The number of hydrogen-bond acceptors (Lipinski definition) is 3. The van der Waals surface area contributed by atoms with Gasteiger partial charge in [-0.1, -0.05) is 17.7 Å². The van der Waals surface area contributed by atoms with Crippen molar-refractivity contribution >= 4 is 34.8 Å². The van der Waals surface area contributed by atoms with E-state index >= 15 is 0 Å². The Hall–Kier alpha value is -2.53. The van der Waals surface area contributed by atoms with Crippen LogP contribution in [-0.4, -0.2) is 24.5 Å². The highest BCUT2D eigenvalue weighted by Gasteiger charge is 2.14. The number of carbonyl (C=O) groups is 2. The molecule has 0 aliphatic rings. The van der Waals surface area contributed by atoms with E-state index in [0.717, 1.165) is 17.0 Å². The normalized spacial score (nSPS) is 10.6. The first-order valence-corrected chi connectivity index (χ1v) is 9.25. The fraction of sp³-hybridized carbons (Fsp3) is 0.333. The molecular weight excluding hydrogens is 364 g/mol. The molecule has 2 aromatic rings. The molecule has 2 aromatic carbocycles. The van der Waals surface area contributed by atoms with Crippen molar-refractivity contribution in [3.8, 4) is 5.75 Å². The number of hydrogen-bond donors (Lipinski definition) is 1. The first-order chi connectivity index (χ1) is 12.8. The van der Waals surface area contributed by atoms with Crippen LogP contribution in [0.15, 0.2) is 42.5 Å². The molecule has 0 bridgehead atoms. The molecular formula is C21H25ClN2O3. The summed E-state index contributed by atoms with van der Waals surface area (Å²) in [6.45, 7) is 7.57. The topological polar surface area (TPSA) is 58.6 Å². The molecule has 2 rings (SSSR count). The molecule has 0 saturated heterocycles. The van der Waals surface area contributed by atoms with Crippen LogP contribution in [0.1, 0.15) is 32.8 Å². The summed E-state index contributed by atoms with van der Waals surface area (Å²) < 4.78 is 5.62. The third kappa shape index (κ3) is 6.29. The minimum atomic E-state index is -0.175. The molecule has 0 aliphatic heterocycles. The SMILES string of the molecule is CC(=O)N(CCC(=O)Nc1cc(Cl)ccc1C)c1ccc(OC(C)C)cc1. The van der Waals surface area contributed by atoms with E-state index in [1.165, 1.54) is 6.92 Å². The molecule has 5 nitrogen and oxygen atoms in total. The van der Waals surface area contributed by atoms with E-state index in [9.17, 15) is 9.59 Å². The molecule has 2 amide bonds. The monoisotopic (exact) mass is 388 g/mol. The summed E-state index contributed by atoms with van der Waals surface area (Å²) in [5.74, 6) is 0.442. The van der Waals surface area contributed by atoms with E-state index < -0.39 is 0 Å². The predicted octanol–water partition coefficient (Wildman–Crippen LogP) is 4.82. The lowest BCUT2D eigenvalue weighted by atomic mass is 10.2. The van der Waals surface area contributed by atoms with Crippen LogP contribution in [0.4, 0.5) is 11.4 Å². The van der Waals surface area contributed by atoms with Gasteiger partial charge < -0.3 is 15.0 Å². The van der Waals surface area contributed by atoms with Crippen LogP contribution in [0, 0.1) is 6.92 Å². The van der Waals surface area contributed by atoms with Crippen molar-refractivity contribution in [2.24, 2.45) is 0 Å². The average Bonchev–Trinajstić information content (AvgIpc) is 2.59. The highest BCUT2D eigenvalue weighted by Crippen LogP contribution is 2.22. The Balaban J connectivity index is 2.00. The molecule has 0 aromatic heterocycles. The van der Waals surface area contributed by atoms with Crippen LogP contribution in [0.5, 0.6) is 5.75 Å². The van der Waals surface area contributed by atoms with Gasteiger partial charge in [0.25, 0.3) is 0 Å². The second-order valence-corrected chi connectivity index (χ2v) is 7.03. The Morgan fingerprint density at radius 1 is 1.15 bits per heavy atom. The van der Waals surface area contributed by atoms with Gasteiger partial charge in [0.05, 0.1) is 6.10 Å². The van der Waals surface area contributed by atoms with Crippen molar-refractivity contribution < 1.29 is 14.3 Å². The van der Waals surface area contributed by atoms with Gasteiger partial charge >= 0.3 is 0 Å². The van der Waals surface area contributed by atoms with Crippen molar-refractivity contribution in [1.82, 2.24) is 0 Å². The van der Waals surface area contributed by atoms with Crippen molar-refractivity contribution in [2.75, 3.05) is 16.8 Å². The smallest absolute Gasteiger partial charge is 0.226 e. The number of aryl methyl sites for hydroxylation is 1. The predicted molar refractivity (Wildman–Crippen MR) is 110 cm³/mol. The van der Waals surface area contributed by atoms with Gasteiger partial charge in [-0.05, 0) is 62.7 Å². The third-order valence-corrected chi connectivity index (χ3v) is 4.17. The summed E-state index contributed by atoms with van der Waals surface area (Å²) in [7, 11) is 0. The number of anilines is 2. The van der Waals surface area contributed by atoms with E-state index in [4.69, 9.17) is 16.3 Å². The van der Waals surface area contributed by atoms with Crippen molar-refractivity contribution in [3.05, 3.63) is 53.1 Å². The Morgan fingerprint density at radius 2 is 1.81 bits per heavy atom. The summed E-state index contributed by atoms with van der Waals surface area (Å²) in [5, 5.41) is 3.41. The van der Waals surface area contributed by atoms with Crippen molar-refractivity contribution in [2.45, 2.75) is 40.2 Å². The fourth-order valence-corrected chi connectivity index (χ4v) is 2.77. The molecule has 27 heavy (non-hydrogen) atoms.